The molecule has 1 aliphatic carbocycles. The Morgan fingerprint density at radius 1 is 1.35 bits per heavy atom. The summed E-state index contributed by atoms with van der Waals surface area (Å²) in [5, 5.41) is 11.1. The average Bonchev–Trinajstić information content (AvgIpc) is 3.25. The van der Waals surface area contributed by atoms with Crippen LogP contribution in [-0.4, -0.2) is 35.8 Å². The first-order valence-electron chi connectivity index (χ1n) is 7.37. The number of aliphatic hydroxyl groups is 1. The van der Waals surface area contributed by atoms with Gasteiger partial charge in [0.05, 0.1) is 5.56 Å². The molecule has 0 aromatic heterocycles. The van der Waals surface area contributed by atoms with Gasteiger partial charge >= 0.3 is 5.97 Å². The Labute approximate surface area is 119 Å². The Hall–Kier alpha value is -1.39. The van der Waals surface area contributed by atoms with Gasteiger partial charge in [-0.1, -0.05) is 18.2 Å². The van der Waals surface area contributed by atoms with E-state index in [0.717, 1.165) is 25.9 Å². The van der Waals surface area contributed by atoms with Gasteiger partial charge in [-0.05, 0) is 49.1 Å². The topological polar surface area (TPSA) is 49.8 Å². The normalized spacial score (nSPS) is 26.6. The number of hydrogen-bond acceptors (Lipinski definition) is 4. The van der Waals surface area contributed by atoms with E-state index in [9.17, 15) is 9.90 Å². The summed E-state index contributed by atoms with van der Waals surface area (Å²) in [5.41, 5.74) is 0.740. The summed E-state index contributed by atoms with van der Waals surface area (Å²) in [4.78, 5) is 17.5. The second kappa shape index (κ2) is 5.54. The molecule has 2 fully saturated rings. The third kappa shape index (κ3) is 2.72. The minimum absolute atomic E-state index is 0.158. The molecule has 2 aliphatic rings. The van der Waals surface area contributed by atoms with Crippen LogP contribution in [0.1, 0.15) is 36.0 Å². The molecule has 1 aromatic carbocycles. The zero-order valence-corrected chi connectivity index (χ0v) is 11.6. The maximum Gasteiger partial charge on any atom is 0.357 e. The fourth-order valence-electron chi connectivity index (χ4n) is 3.34. The van der Waals surface area contributed by atoms with Crippen molar-refractivity contribution in [2.45, 2.75) is 25.7 Å². The smallest absolute Gasteiger partial charge is 0.357 e. The van der Waals surface area contributed by atoms with Crippen LogP contribution in [0.3, 0.4) is 0 Å². The summed E-state index contributed by atoms with van der Waals surface area (Å²) in [6, 6.07) is 9.08. The van der Waals surface area contributed by atoms with Crippen LogP contribution in [0.25, 0.3) is 0 Å². The number of rotatable bonds is 5. The molecule has 4 heteroatoms. The van der Waals surface area contributed by atoms with Crippen molar-refractivity contribution in [1.82, 2.24) is 5.06 Å². The number of benzene rings is 1. The van der Waals surface area contributed by atoms with Crippen molar-refractivity contribution in [3.63, 3.8) is 0 Å². The Kier molecular flexibility index (Phi) is 3.76. The minimum Gasteiger partial charge on any atom is -0.396 e. The third-order valence-corrected chi connectivity index (χ3v) is 4.62. The zero-order valence-electron chi connectivity index (χ0n) is 11.6. The number of carbonyl (C=O) groups excluding carboxylic acids is 1. The summed E-state index contributed by atoms with van der Waals surface area (Å²) in [6.45, 7) is 1.75. The lowest BCUT2D eigenvalue weighted by molar-refractivity contribution is -0.101. The highest BCUT2D eigenvalue weighted by Crippen LogP contribution is 2.52. The highest BCUT2D eigenvalue weighted by atomic mass is 16.7. The van der Waals surface area contributed by atoms with Gasteiger partial charge in [0.2, 0.25) is 0 Å². The van der Waals surface area contributed by atoms with Crippen molar-refractivity contribution in [2.75, 3.05) is 19.7 Å². The fourth-order valence-corrected chi connectivity index (χ4v) is 3.34. The van der Waals surface area contributed by atoms with Crippen LogP contribution >= 0.6 is 0 Å². The van der Waals surface area contributed by atoms with Crippen molar-refractivity contribution in [3.05, 3.63) is 35.9 Å². The lowest BCUT2D eigenvalue weighted by Gasteiger charge is -2.28. The van der Waals surface area contributed by atoms with Gasteiger partial charge < -0.3 is 9.94 Å². The van der Waals surface area contributed by atoms with Gasteiger partial charge in [-0.25, -0.2) is 4.79 Å². The lowest BCUT2D eigenvalue weighted by Crippen LogP contribution is -2.31. The predicted octanol–water partition coefficient (Wildman–Crippen LogP) is 2.24. The molecule has 0 bridgehead atoms. The van der Waals surface area contributed by atoms with Gasteiger partial charge in [0.15, 0.2) is 0 Å². The van der Waals surface area contributed by atoms with Crippen LogP contribution < -0.4 is 0 Å². The van der Waals surface area contributed by atoms with Crippen LogP contribution in [0.4, 0.5) is 0 Å². The number of carbonyl (C=O) groups is 1. The molecule has 4 nitrogen and oxygen atoms in total. The summed E-state index contributed by atoms with van der Waals surface area (Å²) in [5.74, 6) is 0.413. The monoisotopic (exact) mass is 275 g/mol. The molecule has 0 radical (unpaired) electrons. The van der Waals surface area contributed by atoms with E-state index >= 15 is 0 Å². The fraction of sp³-hybridized carbons (Fsp3) is 0.562. The van der Waals surface area contributed by atoms with E-state index in [2.05, 4.69) is 0 Å². The molecule has 1 N–H and O–H groups in total. The first-order valence-corrected chi connectivity index (χ1v) is 7.37. The molecule has 1 aliphatic heterocycles. The highest BCUT2D eigenvalue weighted by molar-refractivity contribution is 5.89. The van der Waals surface area contributed by atoms with Crippen molar-refractivity contribution in [1.29, 1.82) is 0 Å². The maximum atomic E-state index is 12.0. The molecule has 3 rings (SSSR count). The highest BCUT2D eigenvalue weighted by Gasteiger charge is 2.49. The summed E-state index contributed by atoms with van der Waals surface area (Å²) in [6.07, 6.45) is 4.33. The number of hydrogen-bond donors (Lipinski definition) is 1. The number of nitrogens with zero attached hydrogens (tertiary/aromatic N) is 1. The van der Waals surface area contributed by atoms with Crippen molar-refractivity contribution >= 4 is 5.97 Å². The molecule has 1 atom stereocenters. The Balaban J connectivity index is 1.61. The van der Waals surface area contributed by atoms with E-state index in [4.69, 9.17) is 4.84 Å². The predicted molar refractivity (Wildman–Crippen MR) is 74.9 cm³/mol. The maximum absolute atomic E-state index is 12.0. The molecule has 1 unspecified atom stereocenters. The van der Waals surface area contributed by atoms with Crippen molar-refractivity contribution in [2.24, 2.45) is 11.3 Å². The molecular weight excluding hydrogens is 254 g/mol. The van der Waals surface area contributed by atoms with E-state index in [1.807, 2.05) is 18.2 Å². The van der Waals surface area contributed by atoms with E-state index in [1.54, 1.807) is 17.2 Å². The summed E-state index contributed by atoms with van der Waals surface area (Å²) < 4.78 is 0. The molecule has 0 amide bonds. The second-order valence-corrected chi connectivity index (χ2v) is 5.97. The zero-order chi connectivity index (χ0) is 14.0. The van der Waals surface area contributed by atoms with Gasteiger partial charge in [-0.15, -0.1) is 5.06 Å². The quantitative estimate of drug-likeness (QED) is 0.895. The molecule has 1 saturated heterocycles. The van der Waals surface area contributed by atoms with E-state index < -0.39 is 0 Å². The molecule has 1 aromatic rings. The Morgan fingerprint density at radius 3 is 2.75 bits per heavy atom. The van der Waals surface area contributed by atoms with E-state index in [0.29, 0.717) is 11.5 Å². The molecule has 20 heavy (non-hydrogen) atoms. The van der Waals surface area contributed by atoms with Crippen molar-refractivity contribution < 1.29 is 14.7 Å². The SMILES string of the molecule is O=C(ON1CCC(CCO)(C2CC2)C1)c1ccccc1. The van der Waals surface area contributed by atoms with Crippen LogP contribution in [0.2, 0.25) is 0 Å². The lowest BCUT2D eigenvalue weighted by atomic mass is 9.79. The number of aliphatic hydroxyl groups excluding tert-OH is 1. The van der Waals surface area contributed by atoms with Gasteiger partial charge in [-0.3, -0.25) is 0 Å². The van der Waals surface area contributed by atoms with Gasteiger partial charge in [0.1, 0.15) is 0 Å². The summed E-state index contributed by atoms with van der Waals surface area (Å²) >= 11 is 0. The number of hydroxylamine groups is 2. The minimum atomic E-state index is -0.291. The van der Waals surface area contributed by atoms with Crippen LogP contribution in [0, 0.1) is 11.3 Å². The van der Waals surface area contributed by atoms with Crippen LogP contribution in [-0.2, 0) is 4.84 Å². The van der Waals surface area contributed by atoms with Gasteiger partial charge in [-0.2, -0.15) is 0 Å². The van der Waals surface area contributed by atoms with Gasteiger partial charge in [0.25, 0.3) is 0 Å². The molecule has 1 saturated carbocycles. The van der Waals surface area contributed by atoms with Crippen molar-refractivity contribution in [3.8, 4) is 0 Å². The first-order chi connectivity index (χ1) is 9.73. The van der Waals surface area contributed by atoms with Crippen LogP contribution in [0.15, 0.2) is 30.3 Å². The molecule has 0 spiro atoms. The van der Waals surface area contributed by atoms with E-state index in [1.165, 1.54) is 12.8 Å². The second-order valence-electron chi connectivity index (χ2n) is 5.97. The molecular formula is C16H21NO3. The van der Waals surface area contributed by atoms with Gasteiger partial charge in [0, 0.05) is 19.7 Å². The molecule has 1 heterocycles. The average molecular weight is 275 g/mol. The standard InChI is InChI=1S/C16H21NO3/c18-11-9-16(14-6-7-14)8-10-17(12-16)20-15(19)13-4-2-1-3-5-13/h1-5,14,18H,6-12H2. The first kappa shape index (κ1) is 13.6. The van der Waals surface area contributed by atoms with Crippen LogP contribution in [0.5, 0.6) is 0 Å². The van der Waals surface area contributed by atoms with E-state index in [-0.39, 0.29) is 18.0 Å². The Bertz CT molecular complexity index is 472. The Morgan fingerprint density at radius 2 is 2.10 bits per heavy atom. The molecule has 108 valence electrons. The third-order valence-electron chi connectivity index (χ3n) is 4.62. The summed E-state index contributed by atoms with van der Waals surface area (Å²) in [7, 11) is 0. The largest absolute Gasteiger partial charge is 0.396 e.